The normalized spacial score (nSPS) is 19.6. The molecule has 7 amide bonds. The minimum Gasteiger partial charge on any atom is -0.394 e. The summed E-state index contributed by atoms with van der Waals surface area (Å²) in [5.41, 5.74) is 2.79. The highest BCUT2D eigenvalue weighted by Gasteiger charge is 2.41. The lowest BCUT2D eigenvalue weighted by molar-refractivity contribution is -0.150. The number of aliphatic hydroxyl groups is 20. The topological polar surface area (TPSA) is 646 Å². The summed E-state index contributed by atoms with van der Waals surface area (Å²) in [7, 11) is 1.31. The van der Waals surface area contributed by atoms with Crippen LogP contribution in [0.5, 0.6) is 0 Å². The number of nitrogens with one attached hydrogen (secondary N) is 8. The van der Waals surface area contributed by atoms with E-state index in [4.69, 9.17) is 46.6 Å². The van der Waals surface area contributed by atoms with Crippen LogP contribution >= 0.6 is 0 Å². The molecule has 36 nitrogen and oxygen atoms in total. The standard InChI is InChI=1S/C37H71N9O22.C6H14O5/c1-17(51)41-10-36(8-38,9-40-16-50)11-42-22(55)4-3-18(39-2)32(65)43-12-37(13-44-33(66)29(62)26(59)23(56)19(52)5-47,14-45-34(67)30(63)27(60)24(57)20(53)6-48)15-46-35(68)31(64)28(61)25(58)21(54)7-49;1-3(8)5(10)6(11)4(9)2-7/h16,18-21,23-31,39,47-49,52-54,56-64H,3-15,38H2,1-2H3,(H,40,50)(H,41,51)(H,42,55)(H,43,65)(H,44,66)(H,45,67)(H,46,68);3-11H,2H2,1H3/t18-,19?,20?,21?,23?,24?,25?,26?,27?,28?,29?,30?,31?,36?,37?;/m0./s1. The second-order valence-electron chi connectivity index (χ2n) is 18.6. The molecule has 0 aromatic carbocycles. The molecule has 464 valence electrons. The molecule has 0 bridgehead atoms. The molecule has 0 aliphatic carbocycles. The summed E-state index contributed by atoms with van der Waals surface area (Å²) < 4.78 is 0. The van der Waals surface area contributed by atoms with Crippen LogP contribution in [0.2, 0.25) is 0 Å². The average molecular weight is 1160 g/mol. The van der Waals surface area contributed by atoms with E-state index in [1.54, 1.807) is 0 Å². The lowest BCUT2D eigenvalue weighted by Crippen LogP contribution is -2.61. The number of rotatable bonds is 40. The Balaban J connectivity index is 0. The maximum absolute atomic E-state index is 13.7. The van der Waals surface area contributed by atoms with E-state index < -0.39 is 203 Å². The summed E-state index contributed by atoms with van der Waals surface area (Å²) in [5, 5.41) is 212. The van der Waals surface area contributed by atoms with Gasteiger partial charge in [-0.05, 0) is 20.4 Å². The molecule has 0 aromatic rings. The minimum absolute atomic E-state index is 0.0401. The molecule has 0 heterocycles. The molecule has 0 aliphatic heterocycles. The molecule has 18 atom stereocenters. The van der Waals surface area contributed by atoms with Gasteiger partial charge in [0.05, 0.1) is 38.6 Å². The van der Waals surface area contributed by atoms with Gasteiger partial charge in [-0.2, -0.15) is 0 Å². The Morgan fingerprint density at radius 1 is 0.456 bits per heavy atom. The number of aliphatic hydroxyl groups excluding tert-OH is 20. The fourth-order valence-corrected chi connectivity index (χ4v) is 6.59. The maximum atomic E-state index is 13.7. The van der Waals surface area contributed by atoms with Crippen LogP contribution in [0.4, 0.5) is 0 Å². The van der Waals surface area contributed by atoms with E-state index in [-0.39, 0.29) is 39.0 Å². The second kappa shape index (κ2) is 38.9. The number of amides is 7. The van der Waals surface area contributed by atoms with Gasteiger partial charge < -0.3 is 150 Å². The van der Waals surface area contributed by atoms with Gasteiger partial charge in [-0.25, -0.2) is 0 Å². The molecule has 0 radical (unpaired) electrons. The average Bonchev–Trinajstić information content (AvgIpc) is 3.45. The van der Waals surface area contributed by atoms with Gasteiger partial charge in [0.1, 0.15) is 73.2 Å². The number of carbonyl (C=O) groups is 7. The van der Waals surface area contributed by atoms with Crippen LogP contribution in [-0.4, -0.2) is 334 Å². The summed E-state index contributed by atoms with van der Waals surface area (Å²) in [6.07, 6.45) is -34.0. The monoisotopic (exact) mass is 1160 g/mol. The molecule has 0 saturated carbocycles. The molecule has 0 aromatic heterocycles. The highest BCUT2D eigenvalue weighted by atomic mass is 16.4. The van der Waals surface area contributed by atoms with Crippen LogP contribution in [0.3, 0.4) is 0 Å². The van der Waals surface area contributed by atoms with Gasteiger partial charge in [0.25, 0.3) is 17.7 Å². The van der Waals surface area contributed by atoms with Crippen molar-refractivity contribution in [2.24, 2.45) is 16.6 Å². The molecule has 0 rings (SSSR count). The maximum Gasteiger partial charge on any atom is 0.251 e. The molecule has 17 unspecified atom stereocenters. The molecule has 0 saturated heterocycles. The quantitative estimate of drug-likeness (QED) is 0.0253. The molecule has 0 spiro atoms. The first kappa shape index (κ1) is 76.5. The zero-order chi connectivity index (χ0) is 61.5. The fourth-order valence-electron chi connectivity index (χ4n) is 6.59. The Labute approximate surface area is 452 Å². The van der Waals surface area contributed by atoms with Crippen molar-refractivity contribution in [2.75, 3.05) is 85.8 Å². The lowest BCUT2D eigenvalue weighted by Gasteiger charge is -2.36. The number of likely N-dealkylation sites (N-methyl/N-ethyl adjacent to an activating group) is 1. The lowest BCUT2D eigenvalue weighted by atomic mass is 9.86. The molecule has 0 aliphatic rings. The largest absolute Gasteiger partial charge is 0.394 e. The zero-order valence-electron chi connectivity index (χ0n) is 43.7. The van der Waals surface area contributed by atoms with Gasteiger partial charge >= 0.3 is 0 Å². The zero-order valence-corrected chi connectivity index (χ0v) is 43.7. The fraction of sp³-hybridized carbons (Fsp3) is 0.837. The Hall–Kier alpha value is -4.59. The van der Waals surface area contributed by atoms with Crippen molar-refractivity contribution in [1.29, 1.82) is 0 Å². The van der Waals surface area contributed by atoms with E-state index in [1.807, 2.05) is 0 Å². The summed E-state index contributed by atoms with van der Waals surface area (Å²) in [5.74, 6) is -6.59. The Morgan fingerprint density at radius 3 is 1.06 bits per heavy atom. The second-order valence-corrected chi connectivity index (χ2v) is 18.6. The Bertz CT molecular complexity index is 1700. The summed E-state index contributed by atoms with van der Waals surface area (Å²) >= 11 is 0. The van der Waals surface area contributed by atoms with Gasteiger partial charge in [0, 0.05) is 76.5 Å². The van der Waals surface area contributed by atoms with Crippen LogP contribution in [0.15, 0.2) is 0 Å². The number of nitrogens with two attached hydrogens (primary N) is 1. The van der Waals surface area contributed by atoms with Gasteiger partial charge in [-0.1, -0.05) is 0 Å². The molecule has 36 heteroatoms. The third kappa shape index (κ3) is 26.7. The van der Waals surface area contributed by atoms with Gasteiger partial charge in [0.2, 0.25) is 24.1 Å². The van der Waals surface area contributed by atoms with Crippen LogP contribution < -0.4 is 48.3 Å². The molecule has 79 heavy (non-hydrogen) atoms. The van der Waals surface area contributed by atoms with Crippen molar-refractivity contribution in [3.05, 3.63) is 0 Å². The molecular weight excluding hydrogens is 1070 g/mol. The van der Waals surface area contributed by atoms with E-state index in [1.165, 1.54) is 20.9 Å². The van der Waals surface area contributed by atoms with Crippen LogP contribution in [0.25, 0.3) is 0 Å². The van der Waals surface area contributed by atoms with E-state index in [0.29, 0.717) is 6.41 Å². The third-order valence-electron chi connectivity index (χ3n) is 12.2. The molecular formula is C43H85N9O27. The SMILES string of the molecule is CC(O)C(O)C(O)C(O)CO.CN[C@@H](CCC(=O)NCC(CN)(CNC=O)CNC(C)=O)C(=O)NCC(CNC(=O)C(O)C(O)C(O)C(O)CO)(CNC(=O)C(O)C(O)C(O)C(O)CO)CNC(=O)C(O)C(O)C(O)C(O)CO. The van der Waals surface area contributed by atoms with Crippen molar-refractivity contribution in [1.82, 2.24) is 42.5 Å². The predicted octanol–water partition coefficient (Wildman–Crippen LogP) is -17.5. The van der Waals surface area contributed by atoms with Gasteiger partial charge in [-0.3, -0.25) is 33.6 Å². The van der Waals surface area contributed by atoms with Crippen LogP contribution in [0, 0.1) is 10.8 Å². The highest BCUT2D eigenvalue weighted by molar-refractivity contribution is 5.84. The Kier molecular flexibility index (Phi) is 37.7. The summed E-state index contributed by atoms with van der Waals surface area (Å²) in [4.78, 5) is 88.6. The van der Waals surface area contributed by atoms with Crippen molar-refractivity contribution >= 4 is 41.9 Å². The van der Waals surface area contributed by atoms with E-state index >= 15 is 0 Å². The van der Waals surface area contributed by atoms with Crippen molar-refractivity contribution in [2.45, 2.75) is 130 Å². The van der Waals surface area contributed by atoms with E-state index in [0.717, 1.165) is 0 Å². The minimum atomic E-state index is -2.59. The van der Waals surface area contributed by atoms with Crippen LogP contribution in [0.1, 0.15) is 26.7 Å². The van der Waals surface area contributed by atoms with Crippen LogP contribution in [-0.2, 0) is 33.6 Å². The van der Waals surface area contributed by atoms with Crippen molar-refractivity contribution < 1.29 is 136 Å². The molecule has 0 fully saturated rings. The first-order chi connectivity index (χ1) is 36.8. The first-order valence-electron chi connectivity index (χ1n) is 24.3. The number of hydrogen-bond acceptors (Lipinski definition) is 29. The van der Waals surface area contributed by atoms with Gasteiger partial charge in [-0.15, -0.1) is 0 Å². The summed E-state index contributed by atoms with van der Waals surface area (Å²) in [6, 6.07) is -1.24. The van der Waals surface area contributed by atoms with Crippen molar-refractivity contribution in [3.63, 3.8) is 0 Å². The van der Waals surface area contributed by atoms with E-state index in [2.05, 4.69) is 42.5 Å². The third-order valence-corrected chi connectivity index (χ3v) is 12.2. The predicted molar refractivity (Wildman–Crippen MR) is 264 cm³/mol. The highest BCUT2D eigenvalue weighted by Crippen LogP contribution is 2.18. The smallest absolute Gasteiger partial charge is 0.251 e. The molecule has 30 N–H and O–H groups in total. The Morgan fingerprint density at radius 2 is 0.772 bits per heavy atom. The van der Waals surface area contributed by atoms with Gasteiger partial charge in [0.15, 0.2) is 18.3 Å². The first-order valence-corrected chi connectivity index (χ1v) is 24.3. The van der Waals surface area contributed by atoms with E-state index in [9.17, 15) is 94.8 Å². The van der Waals surface area contributed by atoms with Crippen molar-refractivity contribution in [3.8, 4) is 0 Å². The number of carbonyl (C=O) groups excluding carboxylic acids is 7. The summed E-state index contributed by atoms with van der Waals surface area (Å²) in [6.45, 7) is -5.51. The number of hydrogen-bond donors (Lipinski definition) is 29.